The molecule has 6 heterocycles. The highest BCUT2D eigenvalue weighted by atomic mass is 19.1. The first kappa shape index (κ1) is 26.6. The Kier molecular flexibility index (Phi) is 6.39. The Labute approximate surface area is 250 Å². The van der Waals surface area contributed by atoms with Crippen molar-refractivity contribution in [1.29, 1.82) is 0 Å². The Bertz CT molecular complexity index is 1770. The van der Waals surface area contributed by atoms with Crippen molar-refractivity contribution in [3.05, 3.63) is 47.9 Å². The van der Waals surface area contributed by atoms with Crippen LogP contribution in [-0.4, -0.2) is 77.4 Å². The van der Waals surface area contributed by atoms with Gasteiger partial charge in [-0.3, -0.25) is 9.88 Å². The van der Waals surface area contributed by atoms with Gasteiger partial charge in [-0.2, -0.15) is 9.97 Å². The predicted molar refractivity (Wildman–Crippen MR) is 165 cm³/mol. The van der Waals surface area contributed by atoms with Gasteiger partial charge in [-0.1, -0.05) is 18.1 Å². The molecule has 4 saturated heterocycles. The van der Waals surface area contributed by atoms with Crippen LogP contribution < -0.4 is 19.7 Å². The molecule has 0 radical (unpaired) electrons. The number of terminal acetylenes is 1. The average Bonchev–Trinajstić information content (AvgIpc) is 3.72. The standard InChI is InChI=1S/C34H35FN6O2/c1-3-21-7-4-8-22-15-25(42-2)16-26(28(21)22)30-29(35)31-27(17-36-30)32(40-18-23-9-10-24(19-40)37-23)39-33(38-31)43-20-34-11-5-13-41(34)14-6-12-34/h1,4,7-8,15-17,23-24,37H,5-6,9-14,18-20H2,2H3. The molecule has 2 bridgehead atoms. The van der Waals surface area contributed by atoms with Crippen molar-refractivity contribution >= 4 is 27.5 Å². The van der Waals surface area contributed by atoms with Gasteiger partial charge in [0.05, 0.1) is 18.0 Å². The summed E-state index contributed by atoms with van der Waals surface area (Å²) in [4.78, 5) is 19.2. The molecule has 1 N–H and O–H groups in total. The lowest BCUT2D eigenvalue weighted by atomic mass is 9.95. The molecule has 0 saturated carbocycles. The topological polar surface area (TPSA) is 75.6 Å². The number of aromatic nitrogens is 3. The molecule has 43 heavy (non-hydrogen) atoms. The summed E-state index contributed by atoms with van der Waals surface area (Å²) in [6.45, 7) is 4.32. The number of piperazine rings is 1. The van der Waals surface area contributed by atoms with E-state index in [-0.39, 0.29) is 22.8 Å². The van der Waals surface area contributed by atoms with Gasteiger partial charge in [-0.05, 0) is 75.2 Å². The zero-order chi connectivity index (χ0) is 29.1. The summed E-state index contributed by atoms with van der Waals surface area (Å²) < 4.78 is 28.8. The van der Waals surface area contributed by atoms with E-state index in [9.17, 15) is 0 Å². The third-order valence-electron chi connectivity index (χ3n) is 10.0. The van der Waals surface area contributed by atoms with Crippen LogP contribution in [0.3, 0.4) is 0 Å². The van der Waals surface area contributed by atoms with Crippen LogP contribution in [0.2, 0.25) is 0 Å². The van der Waals surface area contributed by atoms with E-state index in [0.717, 1.165) is 62.6 Å². The van der Waals surface area contributed by atoms with E-state index in [2.05, 4.69) is 21.0 Å². The van der Waals surface area contributed by atoms with Crippen LogP contribution in [0.5, 0.6) is 11.8 Å². The lowest BCUT2D eigenvalue weighted by Crippen LogP contribution is -2.51. The highest BCUT2D eigenvalue weighted by molar-refractivity contribution is 6.02. The molecule has 4 fully saturated rings. The monoisotopic (exact) mass is 578 g/mol. The molecule has 2 aromatic heterocycles. The lowest BCUT2D eigenvalue weighted by Gasteiger charge is -2.34. The number of halogens is 1. The van der Waals surface area contributed by atoms with Crippen LogP contribution in [0.1, 0.15) is 44.1 Å². The average molecular weight is 579 g/mol. The number of pyridine rings is 1. The summed E-state index contributed by atoms with van der Waals surface area (Å²) in [5.74, 6) is 3.52. The second kappa shape index (κ2) is 10.3. The number of benzene rings is 2. The van der Waals surface area contributed by atoms with E-state index in [1.54, 1.807) is 19.4 Å². The Morgan fingerprint density at radius 1 is 1.12 bits per heavy atom. The summed E-state index contributed by atoms with van der Waals surface area (Å²) >= 11 is 0. The van der Waals surface area contributed by atoms with E-state index in [0.29, 0.717) is 46.8 Å². The maximum atomic E-state index is 16.9. The highest BCUT2D eigenvalue weighted by Crippen LogP contribution is 2.41. The third-order valence-corrected chi connectivity index (χ3v) is 10.0. The quantitative estimate of drug-likeness (QED) is 0.323. The molecule has 0 amide bonds. The van der Waals surface area contributed by atoms with Crippen molar-refractivity contribution < 1.29 is 13.9 Å². The molecule has 220 valence electrons. The van der Waals surface area contributed by atoms with Crippen LogP contribution >= 0.6 is 0 Å². The second-order valence-electron chi connectivity index (χ2n) is 12.5. The molecule has 8 rings (SSSR count). The Morgan fingerprint density at radius 2 is 1.91 bits per heavy atom. The summed E-state index contributed by atoms with van der Waals surface area (Å²) in [6.07, 6.45) is 14.4. The van der Waals surface area contributed by atoms with E-state index < -0.39 is 5.82 Å². The normalized spacial score (nSPS) is 22.7. The number of nitrogens with zero attached hydrogens (tertiary/aromatic N) is 5. The predicted octanol–water partition coefficient (Wildman–Crippen LogP) is 4.92. The lowest BCUT2D eigenvalue weighted by molar-refractivity contribution is 0.108. The fourth-order valence-electron chi connectivity index (χ4n) is 7.97. The zero-order valence-corrected chi connectivity index (χ0v) is 24.4. The number of nitrogens with one attached hydrogen (secondary N) is 1. The molecule has 8 nitrogen and oxygen atoms in total. The number of anilines is 1. The fraction of sp³-hybridized carbons (Fsp3) is 0.441. The van der Waals surface area contributed by atoms with E-state index >= 15 is 4.39 Å². The maximum absolute atomic E-state index is 16.9. The molecule has 9 heteroatoms. The van der Waals surface area contributed by atoms with Crippen molar-refractivity contribution in [3.63, 3.8) is 0 Å². The minimum absolute atomic E-state index is 0.0275. The third kappa shape index (κ3) is 4.38. The van der Waals surface area contributed by atoms with Crippen molar-refractivity contribution in [1.82, 2.24) is 25.2 Å². The van der Waals surface area contributed by atoms with Crippen LogP contribution in [0, 0.1) is 18.2 Å². The van der Waals surface area contributed by atoms with Gasteiger partial charge in [0.1, 0.15) is 29.4 Å². The van der Waals surface area contributed by atoms with Crippen molar-refractivity contribution in [2.24, 2.45) is 0 Å². The van der Waals surface area contributed by atoms with Gasteiger partial charge in [-0.15, -0.1) is 6.42 Å². The van der Waals surface area contributed by atoms with Gasteiger partial charge >= 0.3 is 6.01 Å². The first-order chi connectivity index (χ1) is 21.0. The highest BCUT2D eigenvalue weighted by Gasteiger charge is 2.45. The number of methoxy groups -OCH3 is 1. The molecule has 4 aliphatic rings. The van der Waals surface area contributed by atoms with Gasteiger partial charge in [0, 0.05) is 47.9 Å². The van der Waals surface area contributed by atoms with Crippen molar-refractivity contribution in [2.75, 3.05) is 44.8 Å². The molecule has 2 unspecified atom stereocenters. The smallest absolute Gasteiger partial charge is 0.319 e. The zero-order valence-electron chi connectivity index (χ0n) is 24.4. The number of hydrogen-bond acceptors (Lipinski definition) is 8. The SMILES string of the molecule is C#Cc1cccc2cc(OC)cc(-c3ncc4c(N5CC6CCC(C5)N6)nc(OCC56CCCN5CCC6)nc4c3F)c12. The number of rotatable bonds is 6. The number of fused-ring (bicyclic) bond motifs is 5. The Hall–Kier alpha value is -4.00. The largest absolute Gasteiger partial charge is 0.497 e. The first-order valence-electron chi connectivity index (χ1n) is 15.4. The summed E-state index contributed by atoms with van der Waals surface area (Å²) in [6, 6.07) is 10.4. The Balaban J connectivity index is 1.28. The Morgan fingerprint density at radius 3 is 2.65 bits per heavy atom. The van der Waals surface area contributed by atoms with Gasteiger partial charge in [-0.25, -0.2) is 4.39 Å². The van der Waals surface area contributed by atoms with Crippen LogP contribution in [0.15, 0.2) is 36.5 Å². The fourth-order valence-corrected chi connectivity index (χ4v) is 7.97. The number of ether oxygens (including phenoxy) is 2. The minimum atomic E-state index is -0.521. The molecular formula is C34H35FN6O2. The van der Waals surface area contributed by atoms with Crippen LogP contribution in [-0.2, 0) is 0 Å². The summed E-state index contributed by atoms with van der Waals surface area (Å²) in [5.41, 5.74) is 1.64. The van der Waals surface area contributed by atoms with Crippen LogP contribution in [0.25, 0.3) is 32.9 Å². The minimum Gasteiger partial charge on any atom is -0.497 e. The molecule has 4 aromatic rings. The first-order valence-corrected chi connectivity index (χ1v) is 15.4. The van der Waals surface area contributed by atoms with Gasteiger partial charge in [0.25, 0.3) is 0 Å². The van der Waals surface area contributed by atoms with E-state index in [4.69, 9.17) is 30.8 Å². The number of hydrogen-bond donors (Lipinski definition) is 1. The van der Waals surface area contributed by atoms with Gasteiger partial charge in [0.2, 0.25) is 0 Å². The molecule has 0 spiro atoms. The van der Waals surface area contributed by atoms with Crippen molar-refractivity contribution in [2.45, 2.75) is 56.1 Å². The van der Waals surface area contributed by atoms with E-state index in [1.807, 2.05) is 24.3 Å². The summed E-state index contributed by atoms with van der Waals surface area (Å²) in [7, 11) is 1.60. The van der Waals surface area contributed by atoms with E-state index in [1.165, 1.54) is 12.8 Å². The van der Waals surface area contributed by atoms with Gasteiger partial charge in [0.15, 0.2) is 5.82 Å². The molecule has 2 atom stereocenters. The molecule has 4 aliphatic heterocycles. The van der Waals surface area contributed by atoms with Crippen LogP contribution in [0.4, 0.5) is 10.2 Å². The maximum Gasteiger partial charge on any atom is 0.319 e. The molecule has 0 aliphatic carbocycles. The van der Waals surface area contributed by atoms with Gasteiger partial charge < -0.3 is 19.7 Å². The summed E-state index contributed by atoms with van der Waals surface area (Å²) in [5, 5.41) is 5.87. The van der Waals surface area contributed by atoms with Crippen molar-refractivity contribution in [3.8, 4) is 35.4 Å². The molecular weight excluding hydrogens is 543 g/mol. The molecule has 2 aromatic carbocycles. The second-order valence-corrected chi connectivity index (χ2v) is 12.5.